The maximum atomic E-state index is 11.5. The Morgan fingerprint density at radius 2 is 2.00 bits per heavy atom. The summed E-state index contributed by atoms with van der Waals surface area (Å²) in [5, 5.41) is 13.1. The molecule has 2 N–H and O–H groups in total. The van der Waals surface area contributed by atoms with Gasteiger partial charge in [0.2, 0.25) is 11.8 Å². The Labute approximate surface area is 129 Å². The van der Waals surface area contributed by atoms with Crippen molar-refractivity contribution in [1.29, 1.82) is 0 Å². The van der Waals surface area contributed by atoms with Crippen molar-refractivity contribution in [2.45, 2.75) is 39.8 Å². The summed E-state index contributed by atoms with van der Waals surface area (Å²) in [6.45, 7) is 4.82. The molecular formula is C14H21N5O3. The molecule has 0 bridgehead atoms. The van der Waals surface area contributed by atoms with Gasteiger partial charge in [0.15, 0.2) is 5.78 Å². The molecule has 0 aromatic carbocycles. The Morgan fingerprint density at radius 3 is 2.68 bits per heavy atom. The molecule has 0 aliphatic carbocycles. The van der Waals surface area contributed by atoms with E-state index in [2.05, 4.69) is 20.9 Å². The molecule has 0 saturated heterocycles. The summed E-state index contributed by atoms with van der Waals surface area (Å²) in [7, 11) is 0. The maximum absolute atomic E-state index is 11.5. The lowest BCUT2D eigenvalue weighted by atomic mass is 10.3. The van der Waals surface area contributed by atoms with Gasteiger partial charge in [0.1, 0.15) is 5.69 Å². The molecule has 8 nitrogen and oxygen atoms in total. The molecular weight excluding hydrogens is 286 g/mol. The van der Waals surface area contributed by atoms with Crippen LogP contribution in [-0.4, -0.2) is 39.1 Å². The summed E-state index contributed by atoms with van der Waals surface area (Å²) in [4.78, 5) is 33.8. The van der Waals surface area contributed by atoms with E-state index in [0.717, 1.165) is 0 Å². The number of ketones is 1. The van der Waals surface area contributed by atoms with E-state index in [4.69, 9.17) is 0 Å². The van der Waals surface area contributed by atoms with E-state index < -0.39 is 0 Å². The summed E-state index contributed by atoms with van der Waals surface area (Å²) >= 11 is 0. The normalized spacial score (nSPS) is 10.6. The van der Waals surface area contributed by atoms with Crippen LogP contribution in [0, 0.1) is 0 Å². The van der Waals surface area contributed by atoms with E-state index in [9.17, 15) is 14.4 Å². The predicted octanol–water partition coefficient (Wildman–Crippen LogP) is -0.0442. The van der Waals surface area contributed by atoms with Crippen molar-refractivity contribution < 1.29 is 14.4 Å². The van der Waals surface area contributed by atoms with E-state index in [1.807, 2.05) is 6.92 Å². The van der Waals surface area contributed by atoms with Gasteiger partial charge in [0.05, 0.1) is 19.3 Å². The van der Waals surface area contributed by atoms with Crippen LogP contribution in [0.1, 0.15) is 32.4 Å². The highest BCUT2D eigenvalue weighted by Crippen LogP contribution is 1.95. The van der Waals surface area contributed by atoms with Crippen LogP contribution >= 0.6 is 0 Å². The molecule has 8 heteroatoms. The van der Waals surface area contributed by atoms with Gasteiger partial charge >= 0.3 is 0 Å². The molecule has 0 aliphatic rings. The third-order valence-corrected chi connectivity index (χ3v) is 2.74. The molecule has 0 fully saturated rings. The minimum Gasteiger partial charge on any atom is -0.356 e. The number of amides is 2. The van der Waals surface area contributed by atoms with Crippen molar-refractivity contribution in [3.05, 3.63) is 24.0 Å². The van der Waals surface area contributed by atoms with Crippen LogP contribution in [0.25, 0.3) is 0 Å². The number of aryl methyl sites for hydroxylation is 1. The van der Waals surface area contributed by atoms with Crippen LogP contribution in [0.5, 0.6) is 0 Å². The standard InChI is InChI=1S/C14H21N5O3/c1-3-12(20)5-6-13(21)16-9-11-10-19(18-17-11)8-7-14(22)15-4-2/h5-6,10H,3-4,7-9H2,1-2H3,(H,15,22)(H,16,21)/b6-5+. The SMILES string of the molecule is CCNC(=O)CCn1cc(CNC(=O)/C=C/C(=O)CC)nn1. The van der Waals surface area contributed by atoms with Crippen molar-refractivity contribution >= 4 is 17.6 Å². The molecule has 1 aromatic rings. The zero-order valence-electron chi connectivity index (χ0n) is 12.8. The van der Waals surface area contributed by atoms with Crippen LogP contribution in [0.15, 0.2) is 18.3 Å². The minimum absolute atomic E-state index is 0.0430. The van der Waals surface area contributed by atoms with Gasteiger partial charge in [-0.15, -0.1) is 5.10 Å². The fourth-order valence-corrected chi connectivity index (χ4v) is 1.55. The predicted molar refractivity (Wildman–Crippen MR) is 79.6 cm³/mol. The lowest BCUT2D eigenvalue weighted by Gasteiger charge is -2.01. The number of carbonyl (C=O) groups is 3. The second kappa shape index (κ2) is 9.43. The maximum Gasteiger partial charge on any atom is 0.244 e. The number of rotatable bonds is 9. The Bertz CT molecular complexity index is 550. The fraction of sp³-hybridized carbons (Fsp3) is 0.500. The molecule has 1 heterocycles. The molecule has 22 heavy (non-hydrogen) atoms. The van der Waals surface area contributed by atoms with Crippen LogP contribution in [0.2, 0.25) is 0 Å². The zero-order valence-corrected chi connectivity index (χ0v) is 12.8. The monoisotopic (exact) mass is 307 g/mol. The molecule has 0 radical (unpaired) electrons. The second-order valence-electron chi connectivity index (χ2n) is 4.55. The third-order valence-electron chi connectivity index (χ3n) is 2.74. The lowest BCUT2D eigenvalue weighted by Crippen LogP contribution is -2.23. The fourth-order valence-electron chi connectivity index (χ4n) is 1.55. The van der Waals surface area contributed by atoms with Gasteiger partial charge in [-0.3, -0.25) is 19.1 Å². The molecule has 1 aromatic heterocycles. The van der Waals surface area contributed by atoms with Crippen molar-refractivity contribution in [2.75, 3.05) is 6.54 Å². The van der Waals surface area contributed by atoms with E-state index in [1.165, 1.54) is 12.2 Å². The van der Waals surface area contributed by atoms with Crippen LogP contribution in [0.4, 0.5) is 0 Å². The van der Waals surface area contributed by atoms with Crippen molar-refractivity contribution in [1.82, 2.24) is 25.6 Å². The van der Waals surface area contributed by atoms with Gasteiger partial charge in [-0.25, -0.2) is 0 Å². The molecule has 2 amide bonds. The average molecular weight is 307 g/mol. The molecule has 120 valence electrons. The summed E-state index contributed by atoms with van der Waals surface area (Å²) in [5.74, 6) is -0.510. The summed E-state index contributed by atoms with van der Waals surface area (Å²) in [5.41, 5.74) is 0.583. The van der Waals surface area contributed by atoms with Crippen molar-refractivity contribution in [2.24, 2.45) is 0 Å². The first-order valence-corrected chi connectivity index (χ1v) is 7.19. The number of aromatic nitrogens is 3. The molecule has 0 atom stereocenters. The first-order valence-electron chi connectivity index (χ1n) is 7.19. The Balaban J connectivity index is 2.36. The molecule has 0 unspecified atom stereocenters. The van der Waals surface area contributed by atoms with Crippen LogP contribution in [-0.2, 0) is 27.5 Å². The van der Waals surface area contributed by atoms with Crippen LogP contribution < -0.4 is 10.6 Å². The van der Waals surface area contributed by atoms with E-state index >= 15 is 0 Å². The van der Waals surface area contributed by atoms with E-state index in [1.54, 1.807) is 17.8 Å². The zero-order chi connectivity index (χ0) is 16.4. The number of hydrogen-bond donors (Lipinski definition) is 2. The average Bonchev–Trinajstić information content (AvgIpc) is 2.96. The first-order chi connectivity index (χ1) is 10.5. The summed E-state index contributed by atoms with van der Waals surface area (Å²) in [6.07, 6.45) is 4.80. The third kappa shape index (κ3) is 6.78. The topological polar surface area (TPSA) is 106 Å². The molecule has 0 saturated carbocycles. The van der Waals surface area contributed by atoms with Crippen molar-refractivity contribution in [3.63, 3.8) is 0 Å². The van der Waals surface area contributed by atoms with Gasteiger partial charge in [0.25, 0.3) is 0 Å². The van der Waals surface area contributed by atoms with Gasteiger partial charge in [-0.1, -0.05) is 12.1 Å². The number of allylic oxidation sites excluding steroid dienone is 1. The quantitative estimate of drug-likeness (QED) is 0.622. The summed E-state index contributed by atoms with van der Waals surface area (Å²) in [6, 6.07) is 0. The molecule has 1 rings (SSSR count). The van der Waals surface area contributed by atoms with E-state index in [0.29, 0.717) is 31.6 Å². The largest absolute Gasteiger partial charge is 0.356 e. The Kier molecular flexibility index (Phi) is 7.52. The van der Waals surface area contributed by atoms with Crippen LogP contribution in [0.3, 0.4) is 0 Å². The van der Waals surface area contributed by atoms with Crippen molar-refractivity contribution in [3.8, 4) is 0 Å². The minimum atomic E-state index is -0.362. The summed E-state index contributed by atoms with van der Waals surface area (Å²) < 4.78 is 1.55. The number of carbonyl (C=O) groups excluding carboxylic acids is 3. The van der Waals surface area contributed by atoms with E-state index in [-0.39, 0.29) is 24.1 Å². The van der Waals surface area contributed by atoms with Gasteiger partial charge in [-0.05, 0) is 13.0 Å². The smallest absolute Gasteiger partial charge is 0.244 e. The highest BCUT2D eigenvalue weighted by Gasteiger charge is 2.05. The first kappa shape index (κ1) is 17.5. The molecule has 0 spiro atoms. The number of nitrogens with one attached hydrogen (secondary N) is 2. The second-order valence-corrected chi connectivity index (χ2v) is 4.55. The lowest BCUT2D eigenvalue weighted by molar-refractivity contribution is -0.121. The van der Waals surface area contributed by atoms with Gasteiger partial charge < -0.3 is 10.6 Å². The highest BCUT2D eigenvalue weighted by molar-refractivity contribution is 5.97. The van der Waals surface area contributed by atoms with Gasteiger partial charge in [-0.2, -0.15) is 0 Å². The number of hydrogen-bond acceptors (Lipinski definition) is 5. The highest BCUT2D eigenvalue weighted by atomic mass is 16.2. The Morgan fingerprint density at radius 1 is 1.23 bits per heavy atom. The number of nitrogens with zero attached hydrogens (tertiary/aromatic N) is 3. The van der Waals surface area contributed by atoms with Gasteiger partial charge in [0, 0.05) is 25.5 Å². The molecule has 0 aliphatic heterocycles. The Hall–Kier alpha value is -2.51.